The van der Waals surface area contributed by atoms with Crippen LogP contribution in [0.3, 0.4) is 0 Å². The molecule has 0 aromatic heterocycles. The quantitative estimate of drug-likeness (QED) is 0.448. The minimum Gasteiger partial charge on any atom is -0.394 e. The van der Waals surface area contributed by atoms with Crippen molar-refractivity contribution in [2.75, 3.05) is 33.3 Å². The number of unbranched alkanes of at least 4 members (excludes halogenated alkanes) is 2. The summed E-state index contributed by atoms with van der Waals surface area (Å²) in [7, 11) is 1.73. The predicted molar refractivity (Wildman–Crippen MR) is 128 cm³/mol. The molecule has 3 amide bonds. The van der Waals surface area contributed by atoms with E-state index in [0.29, 0.717) is 19.6 Å². The molecule has 1 N–H and O–H groups in total. The first-order valence-corrected chi connectivity index (χ1v) is 12.6. The third kappa shape index (κ3) is 3.61. The molecule has 0 bridgehead atoms. The van der Waals surface area contributed by atoms with E-state index in [1.807, 2.05) is 45.1 Å². The first-order valence-electron chi connectivity index (χ1n) is 12.6. The van der Waals surface area contributed by atoms with Gasteiger partial charge < -0.3 is 24.5 Å². The average Bonchev–Trinajstić information content (AvgIpc) is 3.06. The number of ether oxygens (including phenoxy) is 1. The predicted octanol–water partition coefficient (Wildman–Crippen LogP) is 1.59. The largest absolute Gasteiger partial charge is 0.394 e. The Kier molecular flexibility index (Phi) is 6.68. The summed E-state index contributed by atoms with van der Waals surface area (Å²) in [5.41, 5.74) is -2.26. The van der Waals surface area contributed by atoms with Gasteiger partial charge in [-0.1, -0.05) is 57.9 Å². The van der Waals surface area contributed by atoms with Crippen molar-refractivity contribution in [2.45, 2.75) is 70.2 Å². The summed E-state index contributed by atoms with van der Waals surface area (Å²) in [6.45, 7) is 9.06. The molecule has 4 aliphatic rings. The van der Waals surface area contributed by atoms with Crippen LogP contribution in [-0.2, 0) is 19.1 Å². The van der Waals surface area contributed by atoms with Gasteiger partial charge in [-0.05, 0) is 19.3 Å². The number of likely N-dealkylation sites (tertiary alicyclic amines) is 1. The fourth-order valence-electron chi connectivity index (χ4n) is 6.36. The summed E-state index contributed by atoms with van der Waals surface area (Å²) in [5.74, 6) is -2.25. The molecule has 188 valence electrons. The van der Waals surface area contributed by atoms with Crippen LogP contribution >= 0.6 is 0 Å². The van der Waals surface area contributed by atoms with E-state index in [2.05, 4.69) is 6.92 Å². The second-order valence-electron chi connectivity index (χ2n) is 10.8. The van der Waals surface area contributed by atoms with Gasteiger partial charge >= 0.3 is 0 Å². The zero-order chi connectivity index (χ0) is 24.8. The molecular weight excluding hydrogens is 434 g/mol. The number of aliphatic hydroxyl groups is 1. The molecule has 0 saturated carbocycles. The van der Waals surface area contributed by atoms with Gasteiger partial charge in [0.1, 0.15) is 11.6 Å². The Morgan fingerprint density at radius 3 is 2.41 bits per heavy atom. The second-order valence-corrected chi connectivity index (χ2v) is 10.8. The summed E-state index contributed by atoms with van der Waals surface area (Å²) in [4.78, 5) is 46.8. The molecule has 8 nitrogen and oxygen atoms in total. The lowest BCUT2D eigenvalue weighted by atomic mass is 9.74. The molecule has 0 radical (unpaired) electrons. The molecule has 0 aromatic carbocycles. The number of nitrogens with zero attached hydrogens (tertiary/aromatic N) is 3. The molecular formula is C26H39N3O5. The second kappa shape index (κ2) is 9.11. The molecule has 4 rings (SSSR count). The van der Waals surface area contributed by atoms with Gasteiger partial charge in [0.2, 0.25) is 17.7 Å². The number of aliphatic hydroxyl groups excluding tert-OH is 1. The molecule has 0 aliphatic carbocycles. The molecule has 1 unspecified atom stereocenters. The van der Waals surface area contributed by atoms with Crippen LogP contribution in [0, 0.1) is 17.8 Å². The normalized spacial score (nSPS) is 36.0. The van der Waals surface area contributed by atoms with Crippen molar-refractivity contribution in [1.29, 1.82) is 0 Å². The average molecular weight is 474 g/mol. The van der Waals surface area contributed by atoms with Gasteiger partial charge in [-0.2, -0.15) is 0 Å². The molecule has 4 heterocycles. The number of hydrogen-bond donors (Lipinski definition) is 1. The van der Waals surface area contributed by atoms with Crippen LogP contribution in [0.2, 0.25) is 0 Å². The number of carbonyl (C=O) groups is 3. The molecule has 0 aromatic rings. The fourth-order valence-corrected chi connectivity index (χ4v) is 6.36. The Labute approximate surface area is 202 Å². The van der Waals surface area contributed by atoms with Crippen LogP contribution in [0.15, 0.2) is 24.3 Å². The molecule has 2 fully saturated rings. The molecule has 6 atom stereocenters. The summed E-state index contributed by atoms with van der Waals surface area (Å²) < 4.78 is 6.75. The van der Waals surface area contributed by atoms with Gasteiger partial charge in [0, 0.05) is 26.7 Å². The van der Waals surface area contributed by atoms with Crippen LogP contribution < -0.4 is 0 Å². The Hall–Kier alpha value is -2.19. The van der Waals surface area contributed by atoms with Crippen molar-refractivity contribution in [3.8, 4) is 0 Å². The molecule has 34 heavy (non-hydrogen) atoms. The maximum Gasteiger partial charge on any atom is 0.249 e. The highest BCUT2D eigenvalue weighted by atomic mass is 16.5. The lowest BCUT2D eigenvalue weighted by Gasteiger charge is -2.41. The fraction of sp³-hybridized carbons (Fsp3) is 0.731. The standard InChI is InChI=1S/C26H39N3O5/c1-6-7-8-14-28-15-10-12-26-20(19-22(31)27(5)13-9-11-25(19,4)34-26)23(32)29(21(26)24(28)33)18(16-30)17(2)3/h9-12,17-21,30H,6-8,13-16H2,1-5H3/t18-,19+,20-,21?,25-,26-/m0/s1. The van der Waals surface area contributed by atoms with Crippen molar-refractivity contribution >= 4 is 17.7 Å². The van der Waals surface area contributed by atoms with Gasteiger partial charge in [-0.15, -0.1) is 0 Å². The van der Waals surface area contributed by atoms with Crippen molar-refractivity contribution in [3.05, 3.63) is 24.3 Å². The third-order valence-corrected chi connectivity index (χ3v) is 8.13. The van der Waals surface area contributed by atoms with E-state index < -0.39 is 35.1 Å². The van der Waals surface area contributed by atoms with Gasteiger partial charge in [-0.25, -0.2) is 0 Å². The third-order valence-electron chi connectivity index (χ3n) is 8.13. The van der Waals surface area contributed by atoms with E-state index in [1.165, 1.54) is 0 Å². The van der Waals surface area contributed by atoms with Gasteiger partial charge in [0.25, 0.3) is 0 Å². The van der Waals surface area contributed by atoms with E-state index in [1.54, 1.807) is 21.7 Å². The van der Waals surface area contributed by atoms with Crippen molar-refractivity contribution in [1.82, 2.24) is 14.7 Å². The highest BCUT2D eigenvalue weighted by molar-refractivity contribution is 6.00. The molecule has 8 heteroatoms. The molecule has 1 spiro atoms. The maximum atomic E-state index is 14.2. The Morgan fingerprint density at radius 1 is 1.06 bits per heavy atom. The van der Waals surface area contributed by atoms with Crippen molar-refractivity contribution < 1.29 is 24.2 Å². The van der Waals surface area contributed by atoms with Gasteiger partial charge in [0.05, 0.1) is 30.1 Å². The van der Waals surface area contributed by atoms with Crippen molar-refractivity contribution in [2.24, 2.45) is 17.8 Å². The van der Waals surface area contributed by atoms with Crippen LogP contribution in [0.4, 0.5) is 0 Å². The van der Waals surface area contributed by atoms with E-state index in [9.17, 15) is 19.5 Å². The zero-order valence-electron chi connectivity index (χ0n) is 21.1. The zero-order valence-corrected chi connectivity index (χ0v) is 21.1. The minimum atomic E-state index is -1.26. The monoisotopic (exact) mass is 473 g/mol. The van der Waals surface area contributed by atoms with Crippen molar-refractivity contribution in [3.63, 3.8) is 0 Å². The summed E-state index contributed by atoms with van der Waals surface area (Å²) in [5, 5.41) is 10.3. The van der Waals surface area contributed by atoms with Crippen LogP contribution in [0.25, 0.3) is 0 Å². The summed E-state index contributed by atoms with van der Waals surface area (Å²) in [6.07, 6.45) is 10.5. The Morgan fingerprint density at radius 2 is 1.76 bits per heavy atom. The first-order chi connectivity index (χ1) is 16.1. The van der Waals surface area contributed by atoms with E-state index in [0.717, 1.165) is 19.3 Å². The van der Waals surface area contributed by atoms with Gasteiger partial charge in [-0.3, -0.25) is 14.4 Å². The number of fused-ring (bicyclic) bond motifs is 2. The van der Waals surface area contributed by atoms with E-state index >= 15 is 0 Å². The Balaban J connectivity index is 1.85. The van der Waals surface area contributed by atoms with Crippen LogP contribution in [0.1, 0.15) is 47.0 Å². The number of rotatable bonds is 7. The summed E-state index contributed by atoms with van der Waals surface area (Å²) >= 11 is 0. The highest BCUT2D eigenvalue weighted by Crippen LogP contribution is 2.58. The number of amides is 3. The molecule has 2 saturated heterocycles. The topological polar surface area (TPSA) is 90.4 Å². The van der Waals surface area contributed by atoms with Gasteiger partial charge in [0.15, 0.2) is 0 Å². The lowest BCUT2D eigenvalue weighted by Crippen LogP contribution is -2.59. The molecule has 4 aliphatic heterocycles. The SMILES string of the molecule is CCCCCN1CC=C[C@]23O[C@@]4(C)C=CCN(C)C(=O)[C@H]4[C@H]2C(=O)N([C@@H](CO)C(C)C)C3C1=O. The van der Waals surface area contributed by atoms with E-state index in [4.69, 9.17) is 4.74 Å². The number of hydrogen-bond acceptors (Lipinski definition) is 5. The maximum absolute atomic E-state index is 14.2. The highest BCUT2D eigenvalue weighted by Gasteiger charge is 2.75. The summed E-state index contributed by atoms with van der Waals surface area (Å²) in [6, 6.07) is -1.46. The van der Waals surface area contributed by atoms with Crippen LogP contribution in [0.5, 0.6) is 0 Å². The Bertz CT molecular complexity index is 901. The minimum absolute atomic E-state index is 0.0720. The lowest BCUT2D eigenvalue weighted by molar-refractivity contribution is -0.156. The first kappa shape index (κ1) is 24.9. The van der Waals surface area contributed by atoms with E-state index in [-0.39, 0.29) is 30.2 Å². The smallest absolute Gasteiger partial charge is 0.249 e. The van der Waals surface area contributed by atoms with Crippen LogP contribution in [-0.4, -0.2) is 94.1 Å². The number of likely N-dealkylation sites (N-methyl/N-ethyl adjacent to an activating group) is 1. The number of carbonyl (C=O) groups excluding carboxylic acids is 3.